The number of rotatable bonds is 3. The maximum atomic E-state index is 5.66. The number of hydrogen-bond acceptors (Lipinski definition) is 1. The third-order valence-corrected chi connectivity index (χ3v) is 5.40. The first-order valence-corrected chi connectivity index (χ1v) is 9.60. The molecule has 136 valence electrons. The van der Waals surface area contributed by atoms with E-state index in [0.29, 0.717) is 0 Å². The molecule has 0 saturated heterocycles. The van der Waals surface area contributed by atoms with Crippen LogP contribution in [0.1, 0.15) is 25.1 Å². The molecule has 0 unspecified atom stereocenters. The minimum Gasteiger partial charge on any atom is -0.492 e. The van der Waals surface area contributed by atoms with Crippen molar-refractivity contribution in [1.82, 2.24) is 4.57 Å². The maximum absolute atomic E-state index is 5.66. The third kappa shape index (κ3) is 3.60. The quantitative estimate of drug-likeness (QED) is 0.454. The lowest BCUT2D eigenvalue weighted by atomic mass is 10.1. The number of nitrogens with zero attached hydrogens (tertiary/aromatic N) is 2. The van der Waals surface area contributed by atoms with E-state index in [1.807, 2.05) is 12.1 Å². The van der Waals surface area contributed by atoms with E-state index in [0.717, 1.165) is 28.9 Å². The van der Waals surface area contributed by atoms with Crippen LogP contribution in [0.2, 0.25) is 0 Å². The zero-order chi connectivity index (χ0) is 17.2. The normalized spacial score (nSPS) is 13.5. The summed E-state index contributed by atoms with van der Waals surface area (Å²) in [6.07, 6.45) is 7.17. The summed E-state index contributed by atoms with van der Waals surface area (Å²) < 4.78 is 11.6. The number of aryl methyl sites for hydroxylation is 1. The fourth-order valence-corrected chi connectivity index (χ4v) is 3.91. The number of imidazole rings is 1. The van der Waals surface area contributed by atoms with E-state index >= 15 is 0 Å². The summed E-state index contributed by atoms with van der Waals surface area (Å²) in [4.78, 5) is 0. The molecule has 3 aromatic rings. The molecule has 4 rings (SSSR count). The molecule has 2 heterocycles. The van der Waals surface area contributed by atoms with Gasteiger partial charge in [0, 0.05) is 16.5 Å². The van der Waals surface area contributed by atoms with Gasteiger partial charge >= 0.3 is 0 Å². The first-order valence-electron chi connectivity index (χ1n) is 8.81. The number of ether oxygens (including phenoxy) is 1. The molecule has 0 spiro atoms. The van der Waals surface area contributed by atoms with Crippen LogP contribution in [0.4, 0.5) is 0 Å². The Morgan fingerprint density at radius 1 is 1.00 bits per heavy atom. The van der Waals surface area contributed by atoms with Gasteiger partial charge in [0.2, 0.25) is 0 Å². The maximum Gasteiger partial charge on any atom is 0.262 e. The summed E-state index contributed by atoms with van der Waals surface area (Å²) in [6, 6.07) is 16.8. The second-order valence-corrected chi connectivity index (χ2v) is 7.36. The Bertz CT molecular complexity index is 888. The third-order valence-electron chi connectivity index (χ3n) is 4.87. The molecule has 1 aromatic heterocycles. The molecular weight excluding hydrogens is 456 g/mol. The summed E-state index contributed by atoms with van der Waals surface area (Å²) in [6.45, 7) is 1.08. The van der Waals surface area contributed by atoms with Gasteiger partial charge in [-0.15, -0.1) is 17.0 Å². The van der Waals surface area contributed by atoms with E-state index in [1.54, 1.807) is 7.11 Å². The molecule has 0 N–H and O–H groups in total. The number of para-hydroxylation sites is 2. The highest BCUT2D eigenvalue weighted by Crippen LogP contribution is 2.31. The van der Waals surface area contributed by atoms with Crippen LogP contribution in [0, 0.1) is 0 Å². The summed E-state index contributed by atoms with van der Waals surface area (Å²) >= 11 is 3.54. The fraction of sp³-hybridized carbons (Fsp3) is 0.286. The van der Waals surface area contributed by atoms with E-state index in [2.05, 4.69) is 67.7 Å². The lowest BCUT2D eigenvalue weighted by Gasteiger charge is -2.09. The van der Waals surface area contributed by atoms with Gasteiger partial charge in [0.05, 0.1) is 13.7 Å². The number of halogens is 2. The molecule has 0 saturated carbocycles. The van der Waals surface area contributed by atoms with E-state index in [-0.39, 0.29) is 17.0 Å². The zero-order valence-electron chi connectivity index (χ0n) is 14.8. The summed E-state index contributed by atoms with van der Waals surface area (Å²) in [7, 11) is 1.74. The van der Waals surface area contributed by atoms with Gasteiger partial charge in [-0.2, -0.15) is 4.57 Å². The first-order chi connectivity index (χ1) is 12.3. The van der Waals surface area contributed by atoms with Crippen molar-refractivity contribution in [2.75, 3.05) is 7.11 Å². The van der Waals surface area contributed by atoms with E-state index in [9.17, 15) is 0 Å². The van der Waals surface area contributed by atoms with Crippen molar-refractivity contribution < 1.29 is 9.30 Å². The van der Waals surface area contributed by atoms with Crippen molar-refractivity contribution >= 4 is 32.9 Å². The minimum absolute atomic E-state index is 0. The standard InChI is InChI=1S/C21H22BrN2O.BrH/c1-25-20-8-5-4-7-18(20)24-19(16-10-12-17(22)13-11-16)15-23-14-6-2-3-9-21(23)24;/h4-5,7-8,10-13,15H,2-3,6,9,14H2,1H3;1H/q+1;. The molecule has 1 aliphatic rings. The van der Waals surface area contributed by atoms with Crippen molar-refractivity contribution in [3.63, 3.8) is 0 Å². The molecule has 3 nitrogen and oxygen atoms in total. The van der Waals surface area contributed by atoms with Gasteiger partial charge in [0.1, 0.15) is 6.20 Å². The van der Waals surface area contributed by atoms with Gasteiger partial charge in [0.15, 0.2) is 17.1 Å². The highest BCUT2D eigenvalue weighted by Gasteiger charge is 2.28. The number of fused-ring (bicyclic) bond motifs is 1. The molecule has 5 heteroatoms. The van der Waals surface area contributed by atoms with Gasteiger partial charge in [-0.05, 0) is 55.7 Å². The molecule has 0 amide bonds. The van der Waals surface area contributed by atoms with Crippen LogP contribution in [-0.4, -0.2) is 11.7 Å². The Labute approximate surface area is 173 Å². The van der Waals surface area contributed by atoms with Crippen LogP contribution in [0.5, 0.6) is 5.75 Å². The van der Waals surface area contributed by atoms with Crippen molar-refractivity contribution in [1.29, 1.82) is 0 Å². The highest BCUT2D eigenvalue weighted by atomic mass is 79.9. The van der Waals surface area contributed by atoms with Crippen LogP contribution in [0.25, 0.3) is 16.9 Å². The van der Waals surface area contributed by atoms with Gasteiger partial charge in [0.25, 0.3) is 5.82 Å². The molecule has 2 aromatic carbocycles. The van der Waals surface area contributed by atoms with Crippen LogP contribution < -0.4 is 9.30 Å². The monoisotopic (exact) mass is 477 g/mol. The van der Waals surface area contributed by atoms with E-state index in [4.69, 9.17) is 4.74 Å². The molecule has 0 bridgehead atoms. The number of methoxy groups -OCH3 is 1. The molecular formula is C21H23Br2N2O+. The van der Waals surface area contributed by atoms with E-state index in [1.165, 1.54) is 36.3 Å². The lowest BCUT2D eigenvalue weighted by molar-refractivity contribution is -0.702. The topological polar surface area (TPSA) is 18.0 Å². The Hall–Kier alpha value is -1.59. The summed E-state index contributed by atoms with van der Waals surface area (Å²) in [5, 5.41) is 0. The molecule has 0 fully saturated rings. The van der Waals surface area contributed by atoms with Gasteiger partial charge in [-0.1, -0.05) is 28.1 Å². The zero-order valence-corrected chi connectivity index (χ0v) is 18.1. The van der Waals surface area contributed by atoms with E-state index < -0.39 is 0 Å². The molecule has 0 atom stereocenters. The SMILES string of the molecule is Br.COc1ccccc1-n1c(-c2ccc(Br)cc2)c[n+]2c1CCCCC2. The molecule has 26 heavy (non-hydrogen) atoms. The van der Waals surface area contributed by atoms with Crippen LogP contribution in [0.15, 0.2) is 59.2 Å². The molecule has 0 aliphatic carbocycles. The smallest absolute Gasteiger partial charge is 0.262 e. The van der Waals surface area contributed by atoms with Crippen LogP contribution in [0.3, 0.4) is 0 Å². The average molecular weight is 479 g/mol. The lowest BCUT2D eigenvalue weighted by Crippen LogP contribution is -2.35. The molecule has 1 aliphatic heterocycles. The van der Waals surface area contributed by atoms with Gasteiger partial charge < -0.3 is 4.74 Å². The van der Waals surface area contributed by atoms with Gasteiger partial charge in [-0.3, -0.25) is 0 Å². The number of aromatic nitrogens is 2. The Morgan fingerprint density at radius 2 is 1.77 bits per heavy atom. The van der Waals surface area contributed by atoms with Crippen molar-refractivity contribution in [2.24, 2.45) is 0 Å². The largest absolute Gasteiger partial charge is 0.492 e. The Morgan fingerprint density at radius 3 is 2.54 bits per heavy atom. The minimum atomic E-state index is 0. The Balaban J connectivity index is 0.00000196. The van der Waals surface area contributed by atoms with Crippen molar-refractivity contribution in [3.8, 4) is 22.7 Å². The second-order valence-electron chi connectivity index (χ2n) is 6.45. The predicted molar refractivity (Wildman–Crippen MR) is 114 cm³/mol. The molecule has 0 radical (unpaired) electrons. The first kappa shape index (κ1) is 19.2. The number of hydrogen-bond donors (Lipinski definition) is 0. The summed E-state index contributed by atoms with van der Waals surface area (Å²) in [5.74, 6) is 2.27. The Kier molecular flexibility index (Phi) is 6.20. The van der Waals surface area contributed by atoms with Crippen LogP contribution >= 0.6 is 32.9 Å². The van der Waals surface area contributed by atoms with Crippen molar-refractivity contribution in [2.45, 2.75) is 32.2 Å². The second kappa shape index (κ2) is 8.40. The average Bonchev–Trinajstić information content (AvgIpc) is 2.84. The highest BCUT2D eigenvalue weighted by molar-refractivity contribution is 9.10. The van der Waals surface area contributed by atoms with Crippen LogP contribution in [-0.2, 0) is 13.0 Å². The van der Waals surface area contributed by atoms with Gasteiger partial charge in [-0.25, -0.2) is 4.57 Å². The number of benzene rings is 2. The summed E-state index contributed by atoms with van der Waals surface area (Å²) in [5.41, 5.74) is 3.54. The fourth-order valence-electron chi connectivity index (χ4n) is 3.65. The van der Waals surface area contributed by atoms with Crippen molar-refractivity contribution in [3.05, 3.63) is 65.0 Å². The predicted octanol–water partition coefficient (Wildman–Crippen LogP) is 5.51.